The lowest BCUT2D eigenvalue weighted by Crippen LogP contribution is -2.21. The van der Waals surface area contributed by atoms with E-state index in [1.165, 1.54) is 42.5 Å². The highest BCUT2D eigenvalue weighted by molar-refractivity contribution is 5.81. The lowest BCUT2D eigenvalue weighted by atomic mass is 10.2. The number of fused-ring (bicyclic) bond motifs is 1. The number of nitrogens with two attached hydrogens (primary N) is 1. The van der Waals surface area contributed by atoms with Crippen molar-refractivity contribution in [2.45, 2.75) is 6.18 Å². The second kappa shape index (κ2) is 9.71. The second-order valence-electron chi connectivity index (χ2n) is 5.62. The Hall–Kier alpha value is -3.93. The Morgan fingerprint density at radius 3 is 2.19 bits per heavy atom. The summed E-state index contributed by atoms with van der Waals surface area (Å²) in [6, 6.07) is 9.55. The lowest BCUT2D eigenvalue weighted by Gasteiger charge is -2.07. The van der Waals surface area contributed by atoms with Crippen molar-refractivity contribution < 1.29 is 46.1 Å². The summed E-state index contributed by atoms with van der Waals surface area (Å²) < 4.78 is 60.3. The number of esters is 1. The SMILES string of the molecule is NCC(=O)Oc1ccc2c(=O)c(Oc3ccc(F)cc3)coc2c1.O=C(O)C(F)(F)F. The molecule has 3 N–H and O–H groups in total. The molecule has 0 fully saturated rings. The molecule has 0 saturated carbocycles. The summed E-state index contributed by atoms with van der Waals surface area (Å²) in [4.78, 5) is 32.5. The molecule has 0 bridgehead atoms. The maximum Gasteiger partial charge on any atom is 0.490 e. The molecule has 0 aliphatic heterocycles. The third-order valence-corrected chi connectivity index (χ3v) is 3.40. The summed E-state index contributed by atoms with van der Waals surface area (Å²) >= 11 is 0. The van der Waals surface area contributed by atoms with Crippen molar-refractivity contribution in [3.8, 4) is 17.2 Å². The van der Waals surface area contributed by atoms with Crippen molar-refractivity contribution in [3.05, 3.63) is 64.8 Å². The van der Waals surface area contributed by atoms with Crippen LogP contribution in [0.1, 0.15) is 0 Å². The minimum atomic E-state index is -5.08. The highest BCUT2D eigenvalue weighted by Crippen LogP contribution is 2.24. The average molecular weight is 443 g/mol. The van der Waals surface area contributed by atoms with E-state index in [2.05, 4.69) is 0 Å². The standard InChI is InChI=1S/C17H12FNO5.C2HF3O2/c18-10-1-3-11(4-2-10)23-15-9-22-14-7-12(24-16(20)8-19)5-6-13(14)17(15)21;3-2(4,5)1(6)7/h1-7,9H,8,19H2;(H,6,7). The van der Waals surface area contributed by atoms with Gasteiger partial charge in [0, 0.05) is 6.07 Å². The molecule has 8 nitrogen and oxygen atoms in total. The summed E-state index contributed by atoms with van der Waals surface area (Å²) in [5.41, 5.74) is 5.00. The molecule has 0 aliphatic rings. The second-order valence-corrected chi connectivity index (χ2v) is 5.62. The molecule has 0 aliphatic carbocycles. The third-order valence-electron chi connectivity index (χ3n) is 3.40. The summed E-state index contributed by atoms with van der Waals surface area (Å²) in [5, 5.41) is 7.38. The normalized spacial score (nSPS) is 10.7. The van der Waals surface area contributed by atoms with Crippen LogP contribution in [0.5, 0.6) is 17.2 Å². The predicted octanol–water partition coefficient (Wildman–Crippen LogP) is 3.22. The van der Waals surface area contributed by atoms with Crippen LogP contribution in [0, 0.1) is 5.82 Å². The van der Waals surface area contributed by atoms with Crippen LogP contribution in [-0.4, -0.2) is 29.8 Å². The molecule has 0 amide bonds. The molecule has 3 rings (SSSR count). The summed E-state index contributed by atoms with van der Waals surface area (Å²) in [6.45, 7) is -0.258. The molecule has 2 aromatic carbocycles. The number of rotatable bonds is 4. The van der Waals surface area contributed by atoms with Gasteiger partial charge in [-0.15, -0.1) is 0 Å². The van der Waals surface area contributed by atoms with Crippen LogP contribution in [0.25, 0.3) is 11.0 Å². The number of carboxylic acids is 1. The fourth-order valence-corrected chi connectivity index (χ4v) is 2.03. The Kier molecular flexibility index (Phi) is 7.32. The number of hydrogen-bond acceptors (Lipinski definition) is 7. The van der Waals surface area contributed by atoms with E-state index in [0.717, 1.165) is 6.26 Å². The van der Waals surface area contributed by atoms with Crippen LogP contribution >= 0.6 is 0 Å². The van der Waals surface area contributed by atoms with E-state index in [1.54, 1.807) is 0 Å². The van der Waals surface area contributed by atoms with Crippen molar-refractivity contribution in [2.75, 3.05) is 6.54 Å². The van der Waals surface area contributed by atoms with Gasteiger partial charge in [0.25, 0.3) is 0 Å². The molecule has 12 heteroatoms. The van der Waals surface area contributed by atoms with Gasteiger partial charge < -0.3 is 24.7 Å². The first-order chi connectivity index (χ1) is 14.5. The number of carbonyl (C=O) groups is 2. The molecule has 31 heavy (non-hydrogen) atoms. The van der Waals surface area contributed by atoms with Gasteiger partial charge in [-0.05, 0) is 36.4 Å². The number of alkyl halides is 3. The van der Waals surface area contributed by atoms with Crippen LogP contribution < -0.4 is 20.6 Å². The monoisotopic (exact) mass is 443 g/mol. The van der Waals surface area contributed by atoms with Gasteiger partial charge in [-0.2, -0.15) is 13.2 Å². The number of carboxylic acid groups (broad SMARTS) is 1. The minimum absolute atomic E-state index is 0.0409. The number of benzene rings is 2. The molecule has 0 atom stereocenters. The van der Waals surface area contributed by atoms with E-state index in [0.29, 0.717) is 5.75 Å². The van der Waals surface area contributed by atoms with Crippen LogP contribution in [-0.2, 0) is 9.59 Å². The van der Waals surface area contributed by atoms with Gasteiger partial charge in [-0.3, -0.25) is 9.59 Å². The molecule has 1 heterocycles. The maximum absolute atomic E-state index is 12.9. The number of carbonyl (C=O) groups excluding carboxylic acids is 1. The minimum Gasteiger partial charge on any atom is -0.475 e. The first-order valence-corrected chi connectivity index (χ1v) is 8.21. The molecule has 0 unspecified atom stereocenters. The Morgan fingerprint density at radius 1 is 1.06 bits per heavy atom. The third kappa shape index (κ3) is 6.54. The zero-order valence-corrected chi connectivity index (χ0v) is 15.3. The molecule has 164 valence electrons. The maximum atomic E-state index is 12.9. The Labute approximate surface area is 170 Å². The first-order valence-electron chi connectivity index (χ1n) is 8.21. The van der Waals surface area contributed by atoms with Crippen molar-refractivity contribution in [2.24, 2.45) is 5.73 Å². The van der Waals surface area contributed by atoms with E-state index in [4.69, 9.17) is 29.5 Å². The molecule has 0 radical (unpaired) electrons. The highest BCUT2D eigenvalue weighted by Gasteiger charge is 2.38. The van der Waals surface area contributed by atoms with E-state index in [1.807, 2.05) is 0 Å². The Morgan fingerprint density at radius 2 is 1.65 bits per heavy atom. The molecular weight excluding hydrogens is 430 g/mol. The number of aliphatic carboxylic acids is 1. The largest absolute Gasteiger partial charge is 0.490 e. The average Bonchev–Trinajstić information content (AvgIpc) is 2.71. The van der Waals surface area contributed by atoms with E-state index < -0.39 is 29.4 Å². The highest BCUT2D eigenvalue weighted by atomic mass is 19.4. The van der Waals surface area contributed by atoms with Gasteiger partial charge in [-0.1, -0.05) is 0 Å². The molecule has 0 saturated heterocycles. The van der Waals surface area contributed by atoms with Gasteiger partial charge in [0.1, 0.15) is 29.2 Å². The first kappa shape index (κ1) is 23.3. The van der Waals surface area contributed by atoms with Gasteiger partial charge in [0.15, 0.2) is 0 Å². The lowest BCUT2D eigenvalue weighted by molar-refractivity contribution is -0.192. The Balaban J connectivity index is 0.000000423. The van der Waals surface area contributed by atoms with Crippen LogP contribution in [0.3, 0.4) is 0 Å². The molecule has 3 aromatic rings. The number of hydrogen-bond donors (Lipinski definition) is 2. The van der Waals surface area contributed by atoms with Gasteiger partial charge in [-0.25, -0.2) is 9.18 Å². The fraction of sp³-hybridized carbons (Fsp3) is 0.105. The van der Waals surface area contributed by atoms with Gasteiger partial charge >= 0.3 is 18.1 Å². The zero-order chi connectivity index (χ0) is 23.2. The van der Waals surface area contributed by atoms with Crippen molar-refractivity contribution >= 4 is 22.9 Å². The number of ether oxygens (including phenoxy) is 2. The quantitative estimate of drug-likeness (QED) is 0.357. The van der Waals surface area contributed by atoms with Gasteiger partial charge in [0.05, 0.1) is 11.9 Å². The van der Waals surface area contributed by atoms with E-state index in [9.17, 15) is 27.2 Å². The van der Waals surface area contributed by atoms with E-state index >= 15 is 0 Å². The van der Waals surface area contributed by atoms with Crippen molar-refractivity contribution in [1.29, 1.82) is 0 Å². The topological polar surface area (TPSA) is 129 Å². The molecule has 0 spiro atoms. The van der Waals surface area contributed by atoms with Gasteiger partial charge in [0.2, 0.25) is 11.2 Å². The van der Waals surface area contributed by atoms with Crippen molar-refractivity contribution in [1.82, 2.24) is 0 Å². The smallest absolute Gasteiger partial charge is 0.475 e. The molecule has 1 aromatic heterocycles. The summed E-state index contributed by atoms with van der Waals surface area (Å²) in [6.07, 6.45) is -3.94. The van der Waals surface area contributed by atoms with E-state index in [-0.39, 0.29) is 29.0 Å². The molecular formula is C19H13F4NO7. The van der Waals surface area contributed by atoms with Crippen LogP contribution in [0.15, 0.2) is 57.9 Å². The number of halogens is 4. The Bertz CT molecular complexity index is 1140. The van der Waals surface area contributed by atoms with Crippen molar-refractivity contribution in [3.63, 3.8) is 0 Å². The predicted molar refractivity (Wildman–Crippen MR) is 97.3 cm³/mol. The zero-order valence-electron chi connectivity index (χ0n) is 15.3. The van der Waals surface area contributed by atoms with Crippen LogP contribution in [0.4, 0.5) is 17.6 Å². The summed E-state index contributed by atoms with van der Waals surface area (Å²) in [5.74, 6) is -3.29. The van der Waals surface area contributed by atoms with Crippen LogP contribution in [0.2, 0.25) is 0 Å². The fourth-order valence-electron chi connectivity index (χ4n) is 2.03. The summed E-state index contributed by atoms with van der Waals surface area (Å²) in [7, 11) is 0.